The van der Waals surface area contributed by atoms with Gasteiger partial charge in [0.25, 0.3) is 0 Å². The van der Waals surface area contributed by atoms with Crippen LogP contribution in [0.3, 0.4) is 0 Å². The predicted molar refractivity (Wildman–Crippen MR) is 99.8 cm³/mol. The first kappa shape index (κ1) is 19.3. The van der Waals surface area contributed by atoms with E-state index in [2.05, 4.69) is 15.9 Å². The molecule has 0 spiro atoms. The maximum atomic E-state index is 12.5. The number of aryl methyl sites for hydroxylation is 2. The van der Waals surface area contributed by atoms with E-state index >= 15 is 0 Å². The van der Waals surface area contributed by atoms with Gasteiger partial charge < -0.3 is 14.0 Å². The Morgan fingerprint density at radius 3 is 2.44 bits per heavy atom. The summed E-state index contributed by atoms with van der Waals surface area (Å²) in [6.45, 7) is 1.88. The van der Waals surface area contributed by atoms with Crippen LogP contribution in [-0.4, -0.2) is 20.6 Å². The number of allylic oxidation sites excluding steroid dienone is 1. The summed E-state index contributed by atoms with van der Waals surface area (Å²) < 4.78 is 36.3. The number of rotatable bonds is 7. The lowest BCUT2D eigenvalue weighted by atomic mass is 10.1. The summed E-state index contributed by atoms with van der Waals surface area (Å²) >= 11 is 3.44. The number of aliphatic hydroxyl groups is 1. The van der Waals surface area contributed by atoms with Crippen molar-refractivity contribution < 1.29 is 22.4 Å². The predicted octanol–water partition coefficient (Wildman–Crippen LogP) is 4.54. The van der Waals surface area contributed by atoms with Gasteiger partial charge in [-0.2, -0.15) is 8.42 Å². The molecule has 0 amide bonds. The van der Waals surface area contributed by atoms with E-state index in [1.54, 1.807) is 30.3 Å². The summed E-state index contributed by atoms with van der Waals surface area (Å²) in [6.07, 6.45) is 3.80. The molecule has 25 heavy (non-hydrogen) atoms. The molecule has 0 bridgehead atoms. The third kappa shape index (κ3) is 4.99. The standard InChI is InChI=1S/C18H19BrO5S/c1-13-6-8-15(9-7-13)25(21,22)24-18-11-14(5-3-4-10-20)16(19)12-17(18)23-2/h4,6-12,20H,3,5H2,1-2H3. The van der Waals surface area contributed by atoms with Crippen LogP contribution in [0.4, 0.5) is 0 Å². The molecule has 0 unspecified atom stereocenters. The van der Waals surface area contributed by atoms with Gasteiger partial charge in [0.15, 0.2) is 11.5 Å². The molecule has 0 heterocycles. The maximum absolute atomic E-state index is 12.5. The molecule has 0 aliphatic heterocycles. The van der Waals surface area contributed by atoms with Crippen LogP contribution in [0.25, 0.3) is 0 Å². The lowest BCUT2D eigenvalue weighted by Crippen LogP contribution is -2.11. The first-order valence-electron chi connectivity index (χ1n) is 7.54. The third-order valence-electron chi connectivity index (χ3n) is 3.53. The van der Waals surface area contributed by atoms with Crippen LogP contribution in [0.1, 0.15) is 17.5 Å². The summed E-state index contributed by atoms with van der Waals surface area (Å²) in [5.74, 6) is 0.429. The third-order valence-corrected chi connectivity index (χ3v) is 5.51. The second-order valence-corrected chi connectivity index (χ2v) is 7.77. The lowest BCUT2D eigenvalue weighted by molar-refractivity contribution is 0.390. The molecule has 0 aliphatic rings. The first-order valence-corrected chi connectivity index (χ1v) is 9.74. The Balaban J connectivity index is 2.36. The number of benzene rings is 2. The smallest absolute Gasteiger partial charge is 0.339 e. The largest absolute Gasteiger partial charge is 0.516 e. The van der Waals surface area contributed by atoms with E-state index in [1.807, 2.05) is 6.92 Å². The van der Waals surface area contributed by atoms with E-state index in [4.69, 9.17) is 14.0 Å². The van der Waals surface area contributed by atoms with E-state index in [0.717, 1.165) is 21.9 Å². The van der Waals surface area contributed by atoms with Crippen molar-refractivity contribution in [2.45, 2.75) is 24.7 Å². The van der Waals surface area contributed by atoms with Gasteiger partial charge in [-0.25, -0.2) is 0 Å². The zero-order chi connectivity index (χ0) is 18.4. The van der Waals surface area contributed by atoms with Crippen LogP contribution >= 0.6 is 15.9 Å². The Morgan fingerprint density at radius 2 is 1.84 bits per heavy atom. The molecule has 7 heteroatoms. The molecule has 2 rings (SSSR count). The van der Waals surface area contributed by atoms with Crippen LogP contribution < -0.4 is 8.92 Å². The molecule has 0 radical (unpaired) electrons. The summed E-state index contributed by atoms with van der Waals surface area (Å²) in [5, 5.41) is 8.73. The van der Waals surface area contributed by atoms with Crippen molar-refractivity contribution >= 4 is 26.0 Å². The molecule has 2 aromatic carbocycles. The monoisotopic (exact) mass is 426 g/mol. The van der Waals surface area contributed by atoms with Crippen LogP contribution in [0.15, 0.2) is 58.1 Å². The topological polar surface area (TPSA) is 72.8 Å². The first-order chi connectivity index (χ1) is 11.9. The van der Waals surface area contributed by atoms with Crippen molar-refractivity contribution in [3.05, 3.63) is 64.3 Å². The van der Waals surface area contributed by atoms with Crippen LogP contribution in [0.5, 0.6) is 11.5 Å². The molecule has 5 nitrogen and oxygen atoms in total. The van der Waals surface area contributed by atoms with Gasteiger partial charge in [0.05, 0.1) is 13.4 Å². The van der Waals surface area contributed by atoms with Gasteiger partial charge in [0.1, 0.15) is 4.90 Å². The Labute approximate surface area is 156 Å². The molecule has 0 saturated heterocycles. The fraction of sp³-hybridized carbons (Fsp3) is 0.222. The lowest BCUT2D eigenvalue weighted by Gasteiger charge is -2.14. The summed E-state index contributed by atoms with van der Waals surface area (Å²) in [7, 11) is -2.52. The number of halogens is 1. The molecular weight excluding hydrogens is 408 g/mol. The van der Waals surface area contributed by atoms with Crippen molar-refractivity contribution in [3.63, 3.8) is 0 Å². The number of hydrogen-bond acceptors (Lipinski definition) is 5. The second kappa shape index (κ2) is 8.40. The van der Waals surface area contributed by atoms with E-state index < -0.39 is 10.1 Å². The minimum atomic E-state index is -3.97. The number of aliphatic hydroxyl groups excluding tert-OH is 1. The molecule has 0 aliphatic carbocycles. The highest BCUT2D eigenvalue weighted by Gasteiger charge is 2.20. The van der Waals surface area contributed by atoms with E-state index in [-0.39, 0.29) is 10.6 Å². The van der Waals surface area contributed by atoms with Crippen LogP contribution in [-0.2, 0) is 16.5 Å². The fourth-order valence-electron chi connectivity index (χ4n) is 2.18. The minimum absolute atomic E-state index is 0.0767. The Hall–Kier alpha value is -1.99. The molecule has 134 valence electrons. The highest BCUT2D eigenvalue weighted by molar-refractivity contribution is 9.10. The van der Waals surface area contributed by atoms with E-state index in [9.17, 15) is 8.42 Å². The SMILES string of the molecule is COc1cc(Br)c(CCC=CO)cc1OS(=O)(=O)c1ccc(C)cc1. The Kier molecular flexibility index (Phi) is 6.50. The average Bonchev–Trinajstić information content (AvgIpc) is 2.57. The van der Waals surface area contributed by atoms with E-state index in [1.165, 1.54) is 19.2 Å². The van der Waals surface area contributed by atoms with Gasteiger partial charge in [-0.3, -0.25) is 0 Å². The fourth-order valence-corrected chi connectivity index (χ4v) is 3.63. The minimum Gasteiger partial charge on any atom is -0.516 e. The van der Waals surface area contributed by atoms with Gasteiger partial charge in [-0.05, 0) is 55.7 Å². The van der Waals surface area contributed by atoms with Gasteiger partial charge in [-0.1, -0.05) is 33.6 Å². The normalized spacial score (nSPS) is 11.6. The van der Waals surface area contributed by atoms with Crippen LogP contribution in [0, 0.1) is 6.92 Å². The van der Waals surface area contributed by atoms with Crippen molar-refractivity contribution in [3.8, 4) is 11.5 Å². The van der Waals surface area contributed by atoms with Crippen LogP contribution in [0.2, 0.25) is 0 Å². The number of ether oxygens (including phenoxy) is 1. The van der Waals surface area contributed by atoms with E-state index in [0.29, 0.717) is 18.6 Å². The second-order valence-electron chi connectivity index (χ2n) is 5.37. The van der Waals surface area contributed by atoms with Crippen molar-refractivity contribution in [2.24, 2.45) is 0 Å². The molecular formula is C18H19BrO5S. The van der Waals surface area contributed by atoms with Gasteiger partial charge >= 0.3 is 10.1 Å². The highest BCUT2D eigenvalue weighted by Crippen LogP contribution is 2.35. The highest BCUT2D eigenvalue weighted by atomic mass is 79.9. The Morgan fingerprint density at radius 1 is 1.16 bits per heavy atom. The zero-order valence-corrected chi connectivity index (χ0v) is 16.3. The maximum Gasteiger partial charge on any atom is 0.339 e. The Bertz CT molecular complexity index is 858. The zero-order valence-electron chi connectivity index (χ0n) is 13.9. The number of hydrogen-bond donors (Lipinski definition) is 1. The number of methoxy groups -OCH3 is 1. The average molecular weight is 427 g/mol. The summed E-state index contributed by atoms with van der Waals surface area (Å²) in [5.41, 5.74) is 1.80. The van der Waals surface area contributed by atoms with Crippen molar-refractivity contribution in [1.82, 2.24) is 0 Å². The molecule has 0 saturated carbocycles. The van der Waals surface area contributed by atoms with Gasteiger partial charge in [-0.15, -0.1) is 0 Å². The quantitative estimate of drug-likeness (QED) is 0.519. The van der Waals surface area contributed by atoms with Gasteiger partial charge in [0.2, 0.25) is 0 Å². The molecule has 0 fully saturated rings. The molecule has 1 N–H and O–H groups in total. The molecule has 0 aromatic heterocycles. The van der Waals surface area contributed by atoms with Crippen molar-refractivity contribution in [1.29, 1.82) is 0 Å². The van der Waals surface area contributed by atoms with Gasteiger partial charge in [0, 0.05) is 4.47 Å². The summed E-state index contributed by atoms with van der Waals surface area (Å²) in [6, 6.07) is 9.72. The molecule has 0 atom stereocenters. The van der Waals surface area contributed by atoms with Crippen molar-refractivity contribution in [2.75, 3.05) is 7.11 Å². The molecule has 2 aromatic rings. The summed E-state index contributed by atoms with van der Waals surface area (Å²) in [4.78, 5) is 0.0767.